The quantitative estimate of drug-likeness (QED) is 0.147. The van der Waals surface area contributed by atoms with Crippen molar-refractivity contribution in [2.75, 3.05) is 11.9 Å². The predicted octanol–water partition coefficient (Wildman–Crippen LogP) is 8.96. The van der Waals surface area contributed by atoms with E-state index in [-0.39, 0.29) is 11.8 Å². The fourth-order valence-electron chi connectivity index (χ4n) is 4.87. The van der Waals surface area contributed by atoms with Crippen LogP contribution in [0.25, 0.3) is 10.9 Å². The molecule has 1 aromatic heterocycles. The van der Waals surface area contributed by atoms with Crippen LogP contribution >= 0.6 is 0 Å². The van der Waals surface area contributed by atoms with Gasteiger partial charge in [-0.05, 0) is 59.4 Å². The summed E-state index contributed by atoms with van der Waals surface area (Å²) in [7, 11) is 0. The van der Waals surface area contributed by atoms with Crippen molar-refractivity contribution in [3.8, 4) is 11.5 Å². The minimum Gasteiger partial charge on any atom is -0.488 e. The van der Waals surface area contributed by atoms with Crippen molar-refractivity contribution in [3.05, 3.63) is 126 Å². The monoisotopic (exact) mass is 590 g/mol. The zero-order valence-electron chi connectivity index (χ0n) is 25.4. The number of anilines is 1. The van der Waals surface area contributed by atoms with Gasteiger partial charge in [0.2, 0.25) is 0 Å². The molecule has 0 unspecified atom stereocenters. The van der Waals surface area contributed by atoms with Crippen molar-refractivity contribution in [2.24, 2.45) is 0 Å². The van der Waals surface area contributed by atoms with Gasteiger partial charge in [-0.2, -0.15) is 0 Å². The number of carbonyl (C=O) groups excluding carboxylic acids is 2. The van der Waals surface area contributed by atoms with E-state index in [9.17, 15) is 9.59 Å². The highest BCUT2D eigenvalue weighted by Crippen LogP contribution is 2.35. The third-order valence-corrected chi connectivity index (χ3v) is 7.32. The van der Waals surface area contributed by atoms with Crippen molar-refractivity contribution < 1.29 is 23.8 Å². The number of fused-ring (bicyclic) bond motifs is 1. The number of unbranched alkanes of at least 4 members (excludes halogenated alkanes) is 1. The van der Waals surface area contributed by atoms with Crippen molar-refractivity contribution in [3.63, 3.8) is 0 Å². The molecular formula is C37H38N2O5. The van der Waals surface area contributed by atoms with Crippen molar-refractivity contribution in [1.82, 2.24) is 4.57 Å². The zero-order valence-corrected chi connectivity index (χ0v) is 25.4. The van der Waals surface area contributed by atoms with Crippen LogP contribution in [0.15, 0.2) is 103 Å². The van der Waals surface area contributed by atoms with Crippen LogP contribution in [0.1, 0.15) is 66.6 Å². The summed E-state index contributed by atoms with van der Waals surface area (Å²) in [5.41, 5.74) is 4.67. The summed E-state index contributed by atoms with van der Waals surface area (Å²) in [6.07, 6.45) is 3.03. The van der Waals surface area contributed by atoms with Gasteiger partial charge in [0.05, 0.1) is 17.7 Å². The van der Waals surface area contributed by atoms with E-state index in [0.717, 1.165) is 34.9 Å². The molecule has 226 valence electrons. The molecule has 0 aliphatic heterocycles. The lowest BCUT2D eigenvalue weighted by Gasteiger charge is -2.19. The summed E-state index contributed by atoms with van der Waals surface area (Å²) in [4.78, 5) is 26.3. The number of ether oxygens (including phenoxy) is 3. The van der Waals surface area contributed by atoms with Gasteiger partial charge in [-0.25, -0.2) is 4.79 Å². The number of aromatic nitrogens is 1. The highest BCUT2D eigenvalue weighted by Gasteiger charge is 2.21. The molecule has 4 aromatic carbocycles. The molecule has 44 heavy (non-hydrogen) atoms. The van der Waals surface area contributed by atoms with E-state index >= 15 is 0 Å². The molecule has 0 atom stereocenters. The summed E-state index contributed by atoms with van der Waals surface area (Å²) in [5.74, 6) is 0.906. The Morgan fingerprint density at radius 2 is 1.45 bits per heavy atom. The van der Waals surface area contributed by atoms with Crippen LogP contribution in [0.5, 0.6) is 11.5 Å². The molecule has 0 aliphatic rings. The predicted molar refractivity (Wildman–Crippen MR) is 174 cm³/mol. The second-order valence-corrected chi connectivity index (χ2v) is 11.0. The number of carbonyl (C=O) groups is 2. The molecule has 0 saturated heterocycles. The lowest BCUT2D eigenvalue weighted by Crippen LogP contribution is -2.15. The summed E-state index contributed by atoms with van der Waals surface area (Å²) in [5, 5.41) is 3.84. The number of hydrogen-bond donors (Lipinski definition) is 1. The van der Waals surface area contributed by atoms with Crippen LogP contribution in [-0.2, 0) is 18.0 Å². The Kier molecular flexibility index (Phi) is 9.97. The average Bonchev–Trinajstić information content (AvgIpc) is 3.47. The van der Waals surface area contributed by atoms with E-state index < -0.39 is 6.09 Å². The second-order valence-electron chi connectivity index (χ2n) is 11.0. The molecule has 0 spiro atoms. The topological polar surface area (TPSA) is 78.8 Å². The largest absolute Gasteiger partial charge is 0.488 e. The van der Waals surface area contributed by atoms with Crippen LogP contribution in [-0.4, -0.2) is 23.2 Å². The van der Waals surface area contributed by atoms with Gasteiger partial charge in [0, 0.05) is 23.3 Å². The van der Waals surface area contributed by atoms with Gasteiger partial charge < -0.3 is 19.5 Å². The van der Waals surface area contributed by atoms with Crippen LogP contribution < -0.4 is 14.8 Å². The Hall–Kier alpha value is -5.04. The van der Waals surface area contributed by atoms with Crippen LogP contribution in [0.2, 0.25) is 0 Å². The molecule has 5 rings (SSSR count). The SMILES string of the molecule is CCCCOC(=O)n1ccc2cc(NC(=O)c3cc(C(C)C)c(OCc4ccccc4)cc3OCc3ccccc3)ccc21. The van der Waals surface area contributed by atoms with E-state index in [2.05, 4.69) is 19.2 Å². The first-order valence-corrected chi connectivity index (χ1v) is 15.0. The first kappa shape index (κ1) is 30.4. The van der Waals surface area contributed by atoms with Gasteiger partial charge in [0.25, 0.3) is 5.91 Å². The third-order valence-electron chi connectivity index (χ3n) is 7.32. The van der Waals surface area contributed by atoms with E-state index in [4.69, 9.17) is 14.2 Å². The Morgan fingerprint density at radius 1 is 0.795 bits per heavy atom. The lowest BCUT2D eigenvalue weighted by atomic mass is 9.98. The van der Waals surface area contributed by atoms with E-state index in [1.807, 2.05) is 91.9 Å². The molecule has 0 saturated carbocycles. The average molecular weight is 591 g/mol. The highest BCUT2D eigenvalue weighted by atomic mass is 16.5. The molecule has 0 bridgehead atoms. The number of benzene rings is 4. The van der Waals surface area contributed by atoms with Crippen molar-refractivity contribution in [1.29, 1.82) is 0 Å². The van der Waals surface area contributed by atoms with Crippen LogP contribution in [0, 0.1) is 0 Å². The maximum absolute atomic E-state index is 13.8. The Labute approximate surface area is 258 Å². The Morgan fingerprint density at radius 3 is 2.09 bits per heavy atom. The summed E-state index contributed by atoms with van der Waals surface area (Å²) in [6, 6.07) is 30.7. The zero-order chi connectivity index (χ0) is 30.9. The van der Waals surface area contributed by atoms with Gasteiger partial charge in [-0.1, -0.05) is 87.9 Å². The Bertz CT molecular complexity index is 1710. The fraction of sp³-hybridized carbons (Fsp3) is 0.243. The highest BCUT2D eigenvalue weighted by molar-refractivity contribution is 6.07. The minimum absolute atomic E-state index is 0.101. The second kappa shape index (κ2) is 14.4. The van der Waals surface area contributed by atoms with Crippen molar-refractivity contribution in [2.45, 2.75) is 52.7 Å². The maximum Gasteiger partial charge on any atom is 0.418 e. The van der Waals surface area contributed by atoms with Crippen molar-refractivity contribution >= 4 is 28.6 Å². The summed E-state index contributed by atoms with van der Waals surface area (Å²) < 4.78 is 19.4. The molecule has 7 heteroatoms. The third kappa shape index (κ3) is 7.48. The number of nitrogens with one attached hydrogen (secondary N) is 1. The summed E-state index contributed by atoms with van der Waals surface area (Å²) >= 11 is 0. The van der Waals surface area contributed by atoms with E-state index in [1.54, 1.807) is 18.3 Å². The molecule has 0 radical (unpaired) electrons. The van der Waals surface area contributed by atoms with Gasteiger partial charge in [-0.15, -0.1) is 0 Å². The number of nitrogens with zero attached hydrogens (tertiary/aromatic N) is 1. The lowest BCUT2D eigenvalue weighted by molar-refractivity contribution is 0.102. The smallest absolute Gasteiger partial charge is 0.418 e. The van der Waals surface area contributed by atoms with E-state index in [1.165, 1.54) is 4.57 Å². The maximum atomic E-state index is 13.8. The van der Waals surface area contributed by atoms with Gasteiger partial charge in [0.15, 0.2) is 0 Å². The minimum atomic E-state index is -0.416. The van der Waals surface area contributed by atoms with Crippen LogP contribution in [0.3, 0.4) is 0 Å². The molecule has 1 amide bonds. The molecular weight excluding hydrogens is 552 g/mol. The number of hydrogen-bond acceptors (Lipinski definition) is 5. The van der Waals surface area contributed by atoms with Crippen LogP contribution in [0.4, 0.5) is 10.5 Å². The molecule has 7 nitrogen and oxygen atoms in total. The normalized spacial score (nSPS) is 11.0. The molecule has 0 aliphatic carbocycles. The standard InChI is InChI=1S/C37H38N2O5/c1-4-5-20-42-37(41)39-19-18-29-21-30(16-17-33(29)39)38-36(40)32-22-31(26(2)3)34(43-24-27-12-8-6-9-13-27)23-35(32)44-25-28-14-10-7-11-15-28/h6-19,21-23,26H,4-5,20,24-25H2,1-3H3,(H,38,40). The van der Waals surface area contributed by atoms with Gasteiger partial charge in [0.1, 0.15) is 24.7 Å². The first-order chi connectivity index (χ1) is 21.4. The number of rotatable bonds is 12. The van der Waals surface area contributed by atoms with E-state index in [0.29, 0.717) is 48.1 Å². The van der Waals surface area contributed by atoms with Gasteiger partial charge >= 0.3 is 6.09 Å². The molecule has 0 fully saturated rings. The summed E-state index contributed by atoms with van der Waals surface area (Å²) in [6.45, 7) is 7.27. The molecule has 1 heterocycles. The number of amides is 1. The Balaban J connectivity index is 1.41. The first-order valence-electron chi connectivity index (χ1n) is 15.0. The van der Waals surface area contributed by atoms with Gasteiger partial charge in [-0.3, -0.25) is 9.36 Å². The fourth-order valence-corrected chi connectivity index (χ4v) is 4.87. The molecule has 1 N–H and O–H groups in total. The molecule has 5 aromatic rings.